The smallest absolute Gasteiger partial charge is 0.245 e. The minimum absolute atomic E-state index is 0.0427. The third-order valence-corrected chi connectivity index (χ3v) is 6.13. The van der Waals surface area contributed by atoms with Crippen LogP contribution in [-0.2, 0) is 9.53 Å². The maximum atomic E-state index is 12.5. The third kappa shape index (κ3) is 2.68. The van der Waals surface area contributed by atoms with Crippen LogP contribution >= 0.6 is 0 Å². The number of rotatable bonds is 4. The molecule has 3 rings (SSSR count). The fourth-order valence-electron chi connectivity index (χ4n) is 3.99. The van der Waals surface area contributed by atoms with E-state index >= 15 is 0 Å². The molecule has 1 aromatic heterocycles. The highest BCUT2D eigenvalue weighted by Gasteiger charge is 2.65. The van der Waals surface area contributed by atoms with Crippen LogP contribution in [0.15, 0.2) is 6.07 Å². The second-order valence-electron chi connectivity index (χ2n) is 7.79. The summed E-state index contributed by atoms with van der Waals surface area (Å²) in [7, 11) is 0. The van der Waals surface area contributed by atoms with Gasteiger partial charge in [-0.1, -0.05) is 34.6 Å². The highest BCUT2D eigenvalue weighted by molar-refractivity contribution is 5.94. The van der Waals surface area contributed by atoms with Crippen LogP contribution in [0.5, 0.6) is 0 Å². The number of carbonyl (C=O) groups is 1. The molecule has 2 fully saturated rings. The number of anilines is 1. The first kappa shape index (κ1) is 16.5. The van der Waals surface area contributed by atoms with E-state index in [-0.39, 0.29) is 22.8 Å². The minimum Gasteiger partial charge on any atom is -0.378 e. The highest BCUT2D eigenvalue weighted by Crippen LogP contribution is 2.73. The first-order chi connectivity index (χ1) is 10.8. The molecule has 0 spiro atoms. The van der Waals surface area contributed by atoms with Crippen LogP contribution in [0.3, 0.4) is 0 Å². The van der Waals surface area contributed by atoms with Gasteiger partial charge >= 0.3 is 0 Å². The van der Waals surface area contributed by atoms with Crippen molar-refractivity contribution in [2.45, 2.75) is 46.6 Å². The Labute approximate surface area is 138 Å². The first-order valence-corrected chi connectivity index (χ1v) is 8.47. The van der Waals surface area contributed by atoms with E-state index in [9.17, 15) is 4.79 Å². The summed E-state index contributed by atoms with van der Waals surface area (Å²) in [5.41, 5.74) is 1.59. The normalized spacial score (nSPS) is 26.9. The van der Waals surface area contributed by atoms with Crippen LogP contribution in [0.4, 0.5) is 5.82 Å². The van der Waals surface area contributed by atoms with Crippen molar-refractivity contribution in [1.82, 2.24) is 15.1 Å². The number of aromatic amines is 1. The Morgan fingerprint density at radius 3 is 2.74 bits per heavy atom. The number of aromatic nitrogens is 2. The van der Waals surface area contributed by atoms with Gasteiger partial charge in [0.05, 0.1) is 13.2 Å². The fraction of sp³-hybridized carbons (Fsp3) is 0.765. The van der Waals surface area contributed by atoms with Crippen LogP contribution in [0, 0.1) is 10.8 Å². The second-order valence-corrected chi connectivity index (χ2v) is 7.79. The van der Waals surface area contributed by atoms with Crippen molar-refractivity contribution in [2.24, 2.45) is 10.8 Å². The Morgan fingerprint density at radius 2 is 2.13 bits per heavy atom. The van der Waals surface area contributed by atoms with Gasteiger partial charge in [0.15, 0.2) is 5.82 Å². The van der Waals surface area contributed by atoms with E-state index in [0.717, 1.165) is 18.8 Å². The van der Waals surface area contributed by atoms with Gasteiger partial charge in [-0.25, -0.2) is 0 Å². The lowest BCUT2D eigenvalue weighted by atomic mass is 10.0. The Hall–Kier alpha value is -1.40. The van der Waals surface area contributed by atoms with Gasteiger partial charge in [-0.2, -0.15) is 5.10 Å². The van der Waals surface area contributed by atoms with Crippen molar-refractivity contribution in [3.05, 3.63) is 11.8 Å². The van der Waals surface area contributed by atoms with Gasteiger partial charge in [0.25, 0.3) is 0 Å². The number of nitrogens with zero attached hydrogens (tertiary/aromatic N) is 2. The zero-order valence-electron chi connectivity index (χ0n) is 14.8. The first-order valence-electron chi connectivity index (χ1n) is 8.47. The van der Waals surface area contributed by atoms with Gasteiger partial charge in [-0.15, -0.1) is 0 Å². The summed E-state index contributed by atoms with van der Waals surface area (Å²) in [5.74, 6) is 1.00. The van der Waals surface area contributed by atoms with Crippen LogP contribution < -0.4 is 5.32 Å². The molecule has 1 saturated carbocycles. The number of hydrogen-bond acceptors (Lipinski definition) is 4. The molecule has 2 heterocycles. The molecule has 1 unspecified atom stereocenters. The second kappa shape index (κ2) is 5.60. The molecule has 1 aromatic rings. The van der Waals surface area contributed by atoms with Gasteiger partial charge in [-0.3, -0.25) is 14.8 Å². The lowest BCUT2D eigenvalue weighted by Crippen LogP contribution is -2.51. The van der Waals surface area contributed by atoms with Gasteiger partial charge < -0.3 is 10.1 Å². The number of hydrogen-bond donors (Lipinski definition) is 2. The van der Waals surface area contributed by atoms with Crippen LogP contribution in [0.25, 0.3) is 0 Å². The van der Waals surface area contributed by atoms with E-state index in [1.165, 1.54) is 0 Å². The molecule has 6 nitrogen and oxygen atoms in total. The lowest BCUT2D eigenvalue weighted by molar-refractivity contribution is -0.127. The van der Waals surface area contributed by atoms with E-state index in [0.29, 0.717) is 24.9 Å². The number of H-pyrrole nitrogens is 1. The van der Waals surface area contributed by atoms with Crippen molar-refractivity contribution in [2.75, 3.05) is 31.6 Å². The Balaban J connectivity index is 1.67. The predicted molar refractivity (Wildman–Crippen MR) is 89.4 cm³/mol. The molecular formula is C17H28N4O2. The molecule has 1 amide bonds. The summed E-state index contributed by atoms with van der Waals surface area (Å²) in [5, 5.41) is 10.3. The molecule has 1 atom stereocenters. The van der Waals surface area contributed by atoms with Crippen LogP contribution in [0.2, 0.25) is 0 Å². The Kier molecular flexibility index (Phi) is 4.01. The Bertz CT molecular complexity index is 579. The molecule has 1 saturated heterocycles. The summed E-state index contributed by atoms with van der Waals surface area (Å²) < 4.78 is 5.45. The van der Waals surface area contributed by atoms with Gasteiger partial charge in [0.2, 0.25) is 5.91 Å². The molecule has 128 valence electrons. The highest BCUT2D eigenvalue weighted by atomic mass is 16.5. The number of morpholine rings is 1. The molecule has 6 heteroatoms. The zero-order chi connectivity index (χ0) is 16.8. The average molecular weight is 320 g/mol. The fourth-order valence-corrected chi connectivity index (χ4v) is 3.99. The summed E-state index contributed by atoms with van der Waals surface area (Å²) in [6.07, 6.45) is 0. The summed E-state index contributed by atoms with van der Waals surface area (Å²) in [6, 6.07) is 1.74. The molecule has 0 aromatic carbocycles. The summed E-state index contributed by atoms with van der Waals surface area (Å²) in [6.45, 7) is 13.9. The monoisotopic (exact) mass is 320 g/mol. The molecule has 1 aliphatic heterocycles. The third-order valence-electron chi connectivity index (χ3n) is 6.13. The van der Waals surface area contributed by atoms with Crippen molar-refractivity contribution in [1.29, 1.82) is 0 Å². The van der Waals surface area contributed by atoms with E-state index in [1.807, 2.05) is 6.07 Å². The molecule has 2 aliphatic rings. The lowest BCUT2D eigenvalue weighted by Gasteiger charge is -2.33. The van der Waals surface area contributed by atoms with Crippen LogP contribution in [-0.4, -0.2) is 53.3 Å². The number of ether oxygens (including phenoxy) is 1. The number of nitrogens with one attached hydrogen (secondary N) is 2. The van der Waals surface area contributed by atoms with Gasteiger partial charge in [0.1, 0.15) is 6.04 Å². The molecular weight excluding hydrogens is 292 g/mol. The molecule has 2 N–H and O–H groups in total. The topological polar surface area (TPSA) is 70.2 Å². The quantitative estimate of drug-likeness (QED) is 0.892. The van der Waals surface area contributed by atoms with Gasteiger partial charge in [-0.05, 0) is 17.4 Å². The van der Waals surface area contributed by atoms with E-state index in [1.54, 1.807) is 0 Å². The number of likely N-dealkylation sites (N-methyl/N-ethyl adjacent to an activating group) is 1. The minimum atomic E-state index is -0.234. The van der Waals surface area contributed by atoms with Crippen molar-refractivity contribution in [3.8, 4) is 0 Å². The predicted octanol–water partition coefficient (Wildman–Crippen LogP) is 2.22. The average Bonchev–Trinajstić information content (AvgIpc) is 2.82. The van der Waals surface area contributed by atoms with E-state index < -0.39 is 0 Å². The zero-order valence-corrected chi connectivity index (χ0v) is 14.8. The SMILES string of the molecule is CCN1CCOCC1C(=O)Nc1cc(C2C(C)(C)C2(C)C)[nH]n1. The van der Waals surface area contributed by atoms with Gasteiger partial charge in [0, 0.05) is 24.2 Å². The summed E-state index contributed by atoms with van der Waals surface area (Å²) in [4.78, 5) is 14.6. The number of amides is 1. The van der Waals surface area contributed by atoms with E-state index in [2.05, 4.69) is 55.0 Å². The van der Waals surface area contributed by atoms with Crippen molar-refractivity contribution < 1.29 is 9.53 Å². The van der Waals surface area contributed by atoms with E-state index in [4.69, 9.17) is 4.74 Å². The largest absolute Gasteiger partial charge is 0.378 e. The maximum Gasteiger partial charge on any atom is 0.245 e. The molecule has 23 heavy (non-hydrogen) atoms. The molecule has 1 aliphatic carbocycles. The summed E-state index contributed by atoms with van der Waals surface area (Å²) >= 11 is 0. The van der Waals surface area contributed by atoms with Crippen molar-refractivity contribution in [3.63, 3.8) is 0 Å². The maximum absolute atomic E-state index is 12.5. The van der Waals surface area contributed by atoms with Crippen molar-refractivity contribution >= 4 is 11.7 Å². The Morgan fingerprint density at radius 1 is 1.43 bits per heavy atom. The molecule has 0 bridgehead atoms. The standard InChI is InChI=1S/C17H28N4O2/c1-6-21-7-8-23-10-12(21)15(22)18-13-9-11(19-20-13)14-16(2,3)17(14,4)5/h9,12,14H,6-8,10H2,1-5H3,(H2,18,19,20,22). The number of carbonyl (C=O) groups excluding carboxylic acids is 1. The van der Waals surface area contributed by atoms with Crippen LogP contribution in [0.1, 0.15) is 46.2 Å². The molecule has 0 radical (unpaired) electrons.